The number of ether oxygens (including phenoxy) is 2. The van der Waals surface area contributed by atoms with Crippen LogP contribution in [0.4, 0.5) is 0 Å². The smallest absolute Gasteiger partial charge is 0.243 e. The summed E-state index contributed by atoms with van der Waals surface area (Å²) in [6.07, 6.45) is 4.79. The molecule has 33 heavy (non-hydrogen) atoms. The lowest BCUT2D eigenvalue weighted by Crippen LogP contribution is -2.34. The average Bonchev–Trinajstić information content (AvgIpc) is 2.88. The highest BCUT2D eigenvalue weighted by atomic mass is 32.2. The van der Waals surface area contributed by atoms with Crippen molar-refractivity contribution in [1.82, 2.24) is 4.31 Å². The fourth-order valence-electron chi connectivity index (χ4n) is 3.82. The van der Waals surface area contributed by atoms with Gasteiger partial charge in [0.25, 0.3) is 0 Å². The van der Waals surface area contributed by atoms with Crippen LogP contribution in [0.3, 0.4) is 0 Å². The zero-order valence-electron chi connectivity index (χ0n) is 18.8. The third kappa shape index (κ3) is 5.18. The lowest BCUT2D eigenvalue weighted by atomic mass is 9.94. The van der Waals surface area contributed by atoms with Crippen LogP contribution in [0.5, 0.6) is 11.5 Å². The number of hydrogen-bond donors (Lipinski definition) is 0. The van der Waals surface area contributed by atoms with Crippen LogP contribution in [0.2, 0.25) is 0 Å². The Morgan fingerprint density at radius 1 is 0.818 bits per heavy atom. The van der Waals surface area contributed by atoms with Gasteiger partial charge in [0, 0.05) is 13.1 Å². The van der Waals surface area contributed by atoms with E-state index < -0.39 is 10.0 Å². The molecule has 3 aromatic rings. The van der Waals surface area contributed by atoms with Crippen molar-refractivity contribution in [2.24, 2.45) is 0 Å². The van der Waals surface area contributed by atoms with E-state index >= 15 is 0 Å². The number of sulfonamides is 1. The van der Waals surface area contributed by atoms with Gasteiger partial charge in [0.2, 0.25) is 10.0 Å². The van der Waals surface area contributed by atoms with Gasteiger partial charge in [-0.15, -0.1) is 0 Å². The molecule has 0 unspecified atom stereocenters. The van der Waals surface area contributed by atoms with E-state index in [1.807, 2.05) is 60.7 Å². The van der Waals surface area contributed by atoms with Crippen molar-refractivity contribution in [2.75, 3.05) is 27.3 Å². The predicted molar refractivity (Wildman–Crippen MR) is 131 cm³/mol. The van der Waals surface area contributed by atoms with Gasteiger partial charge in [-0.2, -0.15) is 4.31 Å². The van der Waals surface area contributed by atoms with E-state index in [-0.39, 0.29) is 0 Å². The van der Waals surface area contributed by atoms with E-state index in [0.717, 1.165) is 33.8 Å². The van der Waals surface area contributed by atoms with Gasteiger partial charge in [-0.25, -0.2) is 8.42 Å². The summed E-state index contributed by atoms with van der Waals surface area (Å²) in [5.74, 6) is 1.60. The maximum Gasteiger partial charge on any atom is 0.243 e. The summed E-state index contributed by atoms with van der Waals surface area (Å²) in [6, 6.07) is 24.5. The molecular weight excluding hydrogens is 434 g/mol. The second-order valence-corrected chi connectivity index (χ2v) is 9.66. The van der Waals surface area contributed by atoms with Gasteiger partial charge < -0.3 is 9.47 Å². The number of allylic oxidation sites excluding steroid dienone is 1. The minimum absolute atomic E-state index is 0.328. The molecule has 0 atom stereocenters. The van der Waals surface area contributed by atoms with Crippen LogP contribution in [0.1, 0.15) is 17.5 Å². The Hall–Kier alpha value is -3.35. The zero-order chi connectivity index (χ0) is 23.3. The molecule has 6 heteroatoms. The Kier molecular flexibility index (Phi) is 6.96. The quantitative estimate of drug-likeness (QED) is 0.488. The Labute approximate surface area is 195 Å². The highest BCUT2D eigenvalue weighted by Gasteiger charge is 2.25. The predicted octanol–water partition coefficient (Wildman–Crippen LogP) is 5.16. The lowest BCUT2D eigenvalue weighted by Gasteiger charge is -2.25. The van der Waals surface area contributed by atoms with Gasteiger partial charge in [-0.05, 0) is 65.1 Å². The summed E-state index contributed by atoms with van der Waals surface area (Å²) in [5, 5.41) is 0. The SMILES string of the molecule is COc1ccc(C(=CC2=CCN(S(=O)(=O)c3ccccc3)CC2)c2ccc(OC)cc2)cc1. The highest BCUT2D eigenvalue weighted by Crippen LogP contribution is 2.30. The molecule has 1 heterocycles. The van der Waals surface area contributed by atoms with E-state index in [2.05, 4.69) is 6.08 Å². The molecule has 0 saturated heterocycles. The summed E-state index contributed by atoms with van der Waals surface area (Å²) < 4.78 is 38.0. The fourth-order valence-corrected chi connectivity index (χ4v) is 5.22. The van der Waals surface area contributed by atoms with Crippen molar-refractivity contribution < 1.29 is 17.9 Å². The molecule has 1 aliphatic rings. The van der Waals surface area contributed by atoms with Crippen molar-refractivity contribution in [2.45, 2.75) is 11.3 Å². The lowest BCUT2D eigenvalue weighted by molar-refractivity contribution is 0.414. The zero-order valence-corrected chi connectivity index (χ0v) is 19.6. The summed E-state index contributed by atoms with van der Waals surface area (Å²) in [7, 11) is -0.193. The van der Waals surface area contributed by atoms with Crippen LogP contribution < -0.4 is 9.47 Å². The van der Waals surface area contributed by atoms with Crippen LogP contribution in [0.15, 0.2) is 101 Å². The Bertz CT molecular complexity index is 1200. The second kappa shape index (κ2) is 10.1. The minimum atomic E-state index is -3.49. The first kappa shape index (κ1) is 22.8. The first-order chi connectivity index (χ1) is 16.0. The first-order valence-electron chi connectivity index (χ1n) is 10.8. The average molecular weight is 462 g/mol. The Balaban J connectivity index is 1.64. The molecule has 4 rings (SSSR count). The van der Waals surface area contributed by atoms with Gasteiger partial charge in [-0.3, -0.25) is 0 Å². The summed E-state index contributed by atoms with van der Waals surface area (Å²) in [6.45, 7) is 0.791. The number of nitrogens with zero attached hydrogens (tertiary/aromatic N) is 1. The molecule has 1 aliphatic heterocycles. The van der Waals surface area contributed by atoms with Crippen LogP contribution in [-0.4, -0.2) is 40.0 Å². The fraction of sp³-hybridized carbons (Fsp3) is 0.185. The summed E-state index contributed by atoms with van der Waals surface area (Å²) in [4.78, 5) is 0.328. The third-order valence-corrected chi connectivity index (χ3v) is 7.60. The van der Waals surface area contributed by atoms with E-state index in [0.29, 0.717) is 24.4 Å². The molecule has 0 bridgehead atoms. The molecule has 0 amide bonds. The van der Waals surface area contributed by atoms with Gasteiger partial charge in [-0.1, -0.05) is 54.6 Å². The largest absolute Gasteiger partial charge is 0.497 e. The van der Waals surface area contributed by atoms with Crippen molar-refractivity contribution in [1.29, 1.82) is 0 Å². The van der Waals surface area contributed by atoms with Crippen LogP contribution in [0.25, 0.3) is 5.57 Å². The molecule has 3 aromatic carbocycles. The van der Waals surface area contributed by atoms with E-state index in [4.69, 9.17) is 9.47 Å². The molecular formula is C27H27NO4S. The van der Waals surface area contributed by atoms with Gasteiger partial charge in [0.15, 0.2) is 0 Å². The van der Waals surface area contributed by atoms with Crippen LogP contribution in [-0.2, 0) is 10.0 Å². The van der Waals surface area contributed by atoms with Gasteiger partial charge in [0.1, 0.15) is 11.5 Å². The maximum atomic E-state index is 12.9. The molecule has 0 saturated carbocycles. The molecule has 0 radical (unpaired) electrons. The van der Waals surface area contributed by atoms with Crippen molar-refractivity contribution >= 4 is 15.6 Å². The maximum absolute atomic E-state index is 12.9. The number of benzene rings is 3. The van der Waals surface area contributed by atoms with Gasteiger partial charge in [0.05, 0.1) is 19.1 Å². The van der Waals surface area contributed by atoms with E-state index in [1.165, 1.54) is 4.31 Å². The molecule has 170 valence electrons. The van der Waals surface area contributed by atoms with Crippen molar-refractivity contribution in [3.05, 3.63) is 108 Å². The molecule has 0 fully saturated rings. The normalized spacial score (nSPS) is 14.3. The number of rotatable bonds is 7. The monoisotopic (exact) mass is 461 g/mol. The molecule has 0 aliphatic carbocycles. The number of hydrogen-bond acceptors (Lipinski definition) is 4. The van der Waals surface area contributed by atoms with Gasteiger partial charge >= 0.3 is 0 Å². The van der Waals surface area contributed by atoms with Crippen LogP contribution >= 0.6 is 0 Å². The van der Waals surface area contributed by atoms with E-state index in [9.17, 15) is 8.42 Å². The third-order valence-electron chi connectivity index (χ3n) is 5.72. The molecule has 0 N–H and O–H groups in total. The second-order valence-electron chi connectivity index (χ2n) is 7.72. The minimum Gasteiger partial charge on any atom is -0.497 e. The topological polar surface area (TPSA) is 55.8 Å². The molecule has 0 aromatic heterocycles. The summed E-state index contributed by atoms with van der Waals surface area (Å²) in [5.41, 5.74) is 4.28. The van der Waals surface area contributed by atoms with Crippen molar-refractivity contribution in [3.63, 3.8) is 0 Å². The van der Waals surface area contributed by atoms with Crippen LogP contribution in [0, 0.1) is 0 Å². The summed E-state index contributed by atoms with van der Waals surface area (Å²) >= 11 is 0. The number of methoxy groups -OCH3 is 2. The molecule has 5 nitrogen and oxygen atoms in total. The molecule has 0 spiro atoms. The van der Waals surface area contributed by atoms with Crippen molar-refractivity contribution in [3.8, 4) is 11.5 Å². The first-order valence-corrected chi connectivity index (χ1v) is 12.2. The highest BCUT2D eigenvalue weighted by molar-refractivity contribution is 7.89. The standard InChI is InChI=1S/C27H27NO4S/c1-31-24-12-8-22(9-13-24)27(23-10-14-25(32-2)15-11-23)20-21-16-18-28(19-17-21)33(29,30)26-6-4-3-5-7-26/h3-16,20H,17-19H2,1-2H3. The van der Waals surface area contributed by atoms with E-state index in [1.54, 1.807) is 38.5 Å². The Morgan fingerprint density at radius 3 is 1.82 bits per heavy atom. The Morgan fingerprint density at radius 2 is 1.36 bits per heavy atom.